The number of esters is 1. The Morgan fingerprint density at radius 3 is 2.38 bits per heavy atom. The van der Waals surface area contributed by atoms with Crippen molar-refractivity contribution in [3.63, 3.8) is 0 Å². The average molecular weight is 366 g/mol. The Bertz CT molecular complexity index is 787. The summed E-state index contributed by atoms with van der Waals surface area (Å²) in [6.45, 7) is 3.23. The van der Waals surface area contributed by atoms with E-state index in [1.54, 1.807) is 20.3 Å². The fraction of sp³-hybridized carbons (Fsp3) is 0.389. The molecule has 0 aliphatic heterocycles. The molecule has 0 saturated carbocycles. The molecular formula is C18H23O4PS. The summed E-state index contributed by atoms with van der Waals surface area (Å²) in [7, 11) is 3.13. The molecule has 2 aromatic carbocycles. The van der Waals surface area contributed by atoms with Gasteiger partial charge < -0.3 is 13.8 Å². The normalized spacial score (nSPS) is 12.4. The Hall–Kier alpha value is -1.26. The molecule has 0 saturated heterocycles. The predicted octanol–water partition coefficient (Wildman–Crippen LogP) is 4.90. The van der Waals surface area contributed by atoms with Crippen molar-refractivity contribution in [3.8, 4) is 0 Å². The summed E-state index contributed by atoms with van der Waals surface area (Å²) in [5, 5.41) is 1.82. The highest BCUT2D eigenvalue weighted by Crippen LogP contribution is 2.50. The van der Waals surface area contributed by atoms with Gasteiger partial charge in [-0.05, 0) is 61.0 Å². The highest BCUT2D eigenvalue weighted by atomic mass is 32.5. The van der Waals surface area contributed by atoms with Crippen LogP contribution in [0.2, 0.25) is 0 Å². The van der Waals surface area contributed by atoms with Crippen LogP contribution in [-0.4, -0.2) is 25.8 Å². The van der Waals surface area contributed by atoms with Gasteiger partial charge in [-0.15, -0.1) is 0 Å². The number of ether oxygens (including phenoxy) is 1. The number of rotatable bonds is 5. The van der Waals surface area contributed by atoms with Gasteiger partial charge in [0.1, 0.15) is 5.60 Å². The van der Waals surface area contributed by atoms with E-state index in [-0.39, 0.29) is 5.97 Å². The molecule has 4 nitrogen and oxygen atoms in total. The molecular weight excluding hydrogens is 343 g/mol. The summed E-state index contributed by atoms with van der Waals surface area (Å²) >= 11 is 5.44. The molecule has 24 heavy (non-hydrogen) atoms. The van der Waals surface area contributed by atoms with Crippen LogP contribution in [0, 0.1) is 0 Å². The van der Waals surface area contributed by atoms with E-state index in [0.717, 1.165) is 16.3 Å². The molecule has 0 aromatic heterocycles. The average Bonchev–Trinajstić information content (AvgIpc) is 2.52. The highest BCUT2D eigenvalue weighted by Gasteiger charge is 2.21. The number of hydrogen-bond donors (Lipinski definition) is 0. The molecule has 0 radical (unpaired) electrons. The van der Waals surface area contributed by atoms with E-state index in [4.69, 9.17) is 25.6 Å². The lowest BCUT2D eigenvalue weighted by molar-refractivity contribution is 0.00718. The van der Waals surface area contributed by atoms with Crippen LogP contribution >= 0.6 is 6.49 Å². The van der Waals surface area contributed by atoms with Gasteiger partial charge >= 0.3 is 5.97 Å². The smallest absolute Gasteiger partial charge is 0.339 e. The molecule has 0 aliphatic rings. The molecule has 0 amide bonds. The van der Waals surface area contributed by atoms with Crippen LogP contribution in [-0.2, 0) is 31.8 Å². The standard InChI is InChI=1S/C18H23O4PS/c1-18(2,3)22-17(19)15-8-6-7-14-10-9-13(11-16(14)15)12-23(24,20-4)21-5/h6-11H,12H2,1-5H3. The molecule has 2 rings (SSSR count). The Morgan fingerprint density at radius 1 is 1.12 bits per heavy atom. The first kappa shape index (κ1) is 19.1. The van der Waals surface area contributed by atoms with E-state index in [1.165, 1.54) is 0 Å². The quantitative estimate of drug-likeness (QED) is 0.556. The second-order valence-corrected chi connectivity index (χ2v) is 10.4. The van der Waals surface area contributed by atoms with Crippen LogP contribution in [0.3, 0.4) is 0 Å². The monoisotopic (exact) mass is 366 g/mol. The van der Waals surface area contributed by atoms with Gasteiger partial charge in [-0.25, -0.2) is 4.79 Å². The summed E-state index contributed by atoms with van der Waals surface area (Å²) in [5.41, 5.74) is 0.988. The first-order valence-corrected chi connectivity index (χ1v) is 10.5. The lowest BCUT2D eigenvalue weighted by Crippen LogP contribution is -2.24. The molecule has 0 N–H and O–H groups in total. The Morgan fingerprint density at radius 2 is 1.79 bits per heavy atom. The van der Waals surface area contributed by atoms with Crippen molar-refractivity contribution in [2.45, 2.75) is 32.5 Å². The zero-order valence-corrected chi connectivity index (χ0v) is 16.4. The number of benzene rings is 2. The molecule has 2 aromatic rings. The first-order valence-electron chi connectivity index (χ1n) is 7.63. The lowest BCUT2D eigenvalue weighted by Gasteiger charge is -2.20. The van der Waals surface area contributed by atoms with Crippen LogP contribution < -0.4 is 0 Å². The Balaban J connectivity index is 2.45. The van der Waals surface area contributed by atoms with Crippen molar-refractivity contribution < 1.29 is 18.6 Å². The van der Waals surface area contributed by atoms with E-state index in [2.05, 4.69) is 0 Å². The summed E-state index contributed by atoms with van der Waals surface area (Å²) in [6, 6.07) is 11.5. The largest absolute Gasteiger partial charge is 0.456 e. The number of hydrogen-bond acceptors (Lipinski definition) is 5. The maximum absolute atomic E-state index is 12.5. The summed E-state index contributed by atoms with van der Waals surface area (Å²) in [6.07, 6.45) is 0.508. The van der Waals surface area contributed by atoms with E-state index >= 15 is 0 Å². The van der Waals surface area contributed by atoms with E-state index in [1.807, 2.05) is 51.1 Å². The Labute approximate surface area is 148 Å². The van der Waals surface area contributed by atoms with Crippen LogP contribution in [0.15, 0.2) is 36.4 Å². The topological polar surface area (TPSA) is 44.8 Å². The van der Waals surface area contributed by atoms with Crippen molar-refractivity contribution in [3.05, 3.63) is 47.5 Å². The fourth-order valence-electron chi connectivity index (χ4n) is 2.36. The maximum atomic E-state index is 12.5. The zero-order valence-electron chi connectivity index (χ0n) is 14.7. The molecule has 0 spiro atoms. The van der Waals surface area contributed by atoms with Crippen molar-refractivity contribution in [1.82, 2.24) is 0 Å². The highest BCUT2D eigenvalue weighted by molar-refractivity contribution is 8.09. The summed E-state index contributed by atoms with van der Waals surface area (Å²) in [5.74, 6) is -0.330. The lowest BCUT2D eigenvalue weighted by atomic mass is 10.0. The van der Waals surface area contributed by atoms with Crippen molar-refractivity contribution in [2.75, 3.05) is 14.2 Å². The number of carbonyl (C=O) groups is 1. The SMILES string of the molecule is COP(=S)(Cc1ccc2cccc(C(=O)OC(C)(C)C)c2c1)OC. The fourth-order valence-corrected chi connectivity index (χ4v) is 3.85. The number of carbonyl (C=O) groups excluding carboxylic acids is 1. The summed E-state index contributed by atoms with van der Waals surface area (Å²) < 4.78 is 16.2. The van der Waals surface area contributed by atoms with Gasteiger partial charge in [0.15, 0.2) is 6.49 Å². The summed E-state index contributed by atoms with van der Waals surface area (Å²) in [4.78, 5) is 12.5. The third-order valence-corrected chi connectivity index (χ3v) is 6.64. The zero-order chi connectivity index (χ0) is 18.0. The molecule has 0 bridgehead atoms. The van der Waals surface area contributed by atoms with Crippen LogP contribution in [0.4, 0.5) is 0 Å². The van der Waals surface area contributed by atoms with Crippen LogP contribution in [0.1, 0.15) is 36.7 Å². The molecule has 0 atom stereocenters. The molecule has 0 fully saturated rings. The molecule has 0 unspecified atom stereocenters. The van der Waals surface area contributed by atoms with E-state index in [0.29, 0.717) is 11.7 Å². The van der Waals surface area contributed by atoms with Crippen molar-refractivity contribution in [1.29, 1.82) is 0 Å². The van der Waals surface area contributed by atoms with Crippen molar-refractivity contribution in [2.24, 2.45) is 0 Å². The van der Waals surface area contributed by atoms with Gasteiger partial charge in [-0.1, -0.05) is 24.3 Å². The van der Waals surface area contributed by atoms with E-state index in [9.17, 15) is 4.79 Å². The van der Waals surface area contributed by atoms with Crippen molar-refractivity contribution >= 4 is 35.0 Å². The number of fused-ring (bicyclic) bond motifs is 1. The molecule has 0 heterocycles. The molecule has 6 heteroatoms. The third-order valence-electron chi connectivity index (χ3n) is 3.50. The van der Waals surface area contributed by atoms with Gasteiger partial charge in [0, 0.05) is 20.4 Å². The molecule has 130 valence electrons. The maximum Gasteiger partial charge on any atom is 0.339 e. The van der Waals surface area contributed by atoms with Gasteiger partial charge in [0.05, 0.1) is 5.56 Å². The van der Waals surface area contributed by atoms with Gasteiger partial charge in [0.25, 0.3) is 0 Å². The van der Waals surface area contributed by atoms with Crippen LogP contribution in [0.5, 0.6) is 0 Å². The van der Waals surface area contributed by atoms with Crippen LogP contribution in [0.25, 0.3) is 10.8 Å². The molecule has 0 aliphatic carbocycles. The minimum absolute atomic E-state index is 0.330. The Kier molecular flexibility index (Phi) is 5.82. The minimum Gasteiger partial charge on any atom is -0.456 e. The van der Waals surface area contributed by atoms with Gasteiger partial charge in [-0.3, -0.25) is 0 Å². The third kappa shape index (κ3) is 4.64. The van der Waals surface area contributed by atoms with Gasteiger partial charge in [-0.2, -0.15) is 0 Å². The minimum atomic E-state index is -2.34. The van der Waals surface area contributed by atoms with Gasteiger partial charge in [0.2, 0.25) is 0 Å². The first-order chi connectivity index (χ1) is 11.2. The predicted molar refractivity (Wildman–Crippen MR) is 101 cm³/mol. The van der Waals surface area contributed by atoms with E-state index < -0.39 is 12.1 Å². The second kappa shape index (κ2) is 7.32. The second-order valence-electron chi connectivity index (χ2n) is 6.50.